The predicted molar refractivity (Wildman–Crippen MR) is 58.3 cm³/mol. The van der Waals surface area contributed by atoms with Gasteiger partial charge in [-0.3, -0.25) is 0 Å². The molecule has 0 aliphatic carbocycles. The number of aryl methyl sites for hydroxylation is 1. The molecule has 0 aliphatic rings. The molecule has 1 aromatic carbocycles. The number of nitrogens with zero attached hydrogens (tertiary/aromatic N) is 2. The van der Waals surface area contributed by atoms with Gasteiger partial charge in [-0.25, -0.2) is 4.68 Å². The molecule has 0 unspecified atom stereocenters. The summed E-state index contributed by atoms with van der Waals surface area (Å²) < 4.78 is 1.76. The van der Waals surface area contributed by atoms with Crippen molar-refractivity contribution in [3.05, 3.63) is 46.2 Å². The van der Waals surface area contributed by atoms with Gasteiger partial charge in [-0.05, 0) is 25.1 Å². The fraction of sp³-hybridized carbons (Fsp3) is 0.100. The van der Waals surface area contributed by atoms with Gasteiger partial charge in [0.1, 0.15) is 0 Å². The Bertz CT molecular complexity index is 463. The number of rotatable bonds is 1. The molecule has 4 heteroatoms. The summed E-state index contributed by atoms with van der Waals surface area (Å²) in [6.07, 6.45) is 1.73. The van der Waals surface area contributed by atoms with Crippen molar-refractivity contribution >= 4 is 23.2 Å². The van der Waals surface area contributed by atoms with Crippen LogP contribution in [0.2, 0.25) is 10.0 Å². The Morgan fingerprint density at radius 2 is 2.00 bits per heavy atom. The minimum atomic E-state index is 0.529. The van der Waals surface area contributed by atoms with Crippen LogP contribution in [0, 0.1) is 6.92 Å². The Morgan fingerprint density at radius 1 is 1.21 bits per heavy atom. The number of hydrogen-bond acceptors (Lipinski definition) is 1. The summed E-state index contributed by atoms with van der Waals surface area (Å²) in [6.45, 7) is 1.96. The van der Waals surface area contributed by atoms with E-state index in [1.807, 2.05) is 25.1 Å². The maximum absolute atomic E-state index is 6.06. The van der Waals surface area contributed by atoms with Crippen molar-refractivity contribution in [1.29, 1.82) is 0 Å². The van der Waals surface area contributed by atoms with Crippen LogP contribution < -0.4 is 0 Å². The average molecular weight is 227 g/mol. The van der Waals surface area contributed by atoms with Crippen molar-refractivity contribution < 1.29 is 0 Å². The zero-order chi connectivity index (χ0) is 10.1. The molecule has 2 rings (SSSR count). The topological polar surface area (TPSA) is 17.8 Å². The molecule has 72 valence electrons. The molecule has 0 atom stereocenters. The Balaban J connectivity index is 2.63. The van der Waals surface area contributed by atoms with Crippen LogP contribution in [0.1, 0.15) is 5.69 Å². The summed E-state index contributed by atoms with van der Waals surface area (Å²) in [6, 6.07) is 7.41. The Labute approximate surface area is 92.1 Å². The van der Waals surface area contributed by atoms with Crippen LogP contribution >= 0.6 is 23.2 Å². The second-order valence-electron chi connectivity index (χ2n) is 2.96. The summed E-state index contributed by atoms with van der Waals surface area (Å²) in [4.78, 5) is 0. The maximum atomic E-state index is 6.06. The number of aromatic nitrogens is 2. The molecule has 0 radical (unpaired) electrons. The van der Waals surface area contributed by atoms with Gasteiger partial charge in [-0.1, -0.05) is 29.3 Å². The molecule has 0 amide bonds. The van der Waals surface area contributed by atoms with Crippen molar-refractivity contribution in [2.75, 3.05) is 0 Å². The molecule has 2 aromatic rings. The highest BCUT2D eigenvalue weighted by Crippen LogP contribution is 2.28. The second-order valence-corrected chi connectivity index (χ2v) is 3.74. The van der Waals surface area contributed by atoms with Crippen LogP contribution in [0.5, 0.6) is 0 Å². The first-order valence-corrected chi connectivity index (χ1v) is 4.91. The van der Waals surface area contributed by atoms with E-state index in [0.29, 0.717) is 10.0 Å². The van der Waals surface area contributed by atoms with Crippen LogP contribution in [-0.4, -0.2) is 9.78 Å². The van der Waals surface area contributed by atoms with Crippen LogP contribution in [0.4, 0.5) is 0 Å². The molecule has 0 bridgehead atoms. The normalized spacial score (nSPS) is 10.5. The molecule has 1 heterocycles. The summed E-state index contributed by atoms with van der Waals surface area (Å²) in [7, 11) is 0. The monoisotopic (exact) mass is 226 g/mol. The summed E-state index contributed by atoms with van der Waals surface area (Å²) in [5.41, 5.74) is 1.83. The first-order chi connectivity index (χ1) is 6.70. The SMILES string of the molecule is Cc1ccnn1-c1cccc(Cl)c1Cl. The van der Waals surface area contributed by atoms with Gasteiger partial charge in [0.05, 0.1) is 15.7 Å². The van der Waals surface area contributed by atoms with E-state index in [-0.39, 0.29) is 0 Å². The molecule has 1 aromatic heterocycles. The van der Waals surface area contributed by atoms with E-state index in [1.165, 1.54) is 0 Å². The summed E-state index contributed by atoms with van der Waals surface area (Å²) >= 11 is 12.0. The number of hydrogen-bond donors (Lipinski definition) is 0. The fourth-order valence-corrected chi connectivity index (χ4v) is 1.65. The van der Waals surface area contributed by atoms with Crippen molar-refractivity contribution in [2.45, 2.75) is 6.92 Å². The zero-order valence-electron chi connectivity index (χ0n) is 7.54. The molecule has 0 saturated carbocycles. The van der Waals surface area contributed by atoms with Crippen molar-refractivity contribution in [1.82, 2.24) is 9.78 Å². The Morgan fingerprint density at radius 3 is 2.64 bits per heavy atom. The lowest BCUT2D eigenvalue weighted by molar-refractivity contribution is 0.847. The van der Waals surface area contributed by atoms with Gasteiger partial charge in [0, 0.05) is 11.9 Å². The quantitative estimate of drug-likeness (QED) is 0.729. The van der Waals surface area contributed by atoms with Crippen LogP contribution in [0.3, 0.4) is 0 Å². The van der Waals surface area contributed by atoms with E-state index >= 15 is 0 Å². The van der Waals surface area contributed by atoms with Crippen LogP contribution in [0.25, 0.3) is 5.69 Å². The maximum Gasteiger partial charge on any atom is 0.0850 e. The van der Waals surface area contributed by atoms with E-state index < -0.39 is 0 Å². The molecular weight excluding hydrogens is 219 g/mol. The molecule has 0 saturated heterocycles. The minimum Gasteiger partial charge on any atom is -0.237 e. The standard InChI is InChI=1S/C10H8Cl2N2/c1-7-5-6-13-14(7)9-4-2-3-8(11)10(9)12/h2-6H,1H3. The number of halogens is 2. The minimum absolute atomic E-state index is 0.529. The largest absolute Gasteiger partial charge is 0.237 e. The van der Waals surface area contributed by atoms with Gasteiger partial charge in [0.2, 0.25) is 0 Å². The highest BCUT2D eigenvalue weighted by atomic mass is 35.5. The first-order valence-electron chi connectivity index (χ1n) is 4.15. The van der Waals surface area contributed by atoms with Crippen molar-refractivity contribution in [2.24, 2.45) is 0 Å². The Hall–Kier alpha value is -0.990. The van der Waals surface area contributed by atoms with Gasteiger partial charge >= 0.3 is 0 Å². The van der Waals surface area contributed by atoms with E-state index in [0.717, 1.165) is 11.4 Å². The van der Waals surface area contributed by atoms with E-state index in [4.69, 9.17) is 23.2 Å². The first kappa shape index (κ1) is 9.56. The third-order valence-electron chi connectivity index (χ3n) is 1.99. The molecule has 0 N–H and O–H groups in total. The average Bonchev–Trinajstić information content (AvgIpc) is 2.57. The van der Waals surface area contributed by atoms with Gasteiger partial charge in [-0.2, -0.15) is 5.10 Å². The van der Waals surface area contributed by atoms with Crippen LogP contribution in [0.15, 0.2) is 30.5 Å². The highest BCUT2D eigenvalue weighted by Gasteiger charge is 2.07. The van der Waals surface area contributed by atoms with E-state index in [2.05, 4.69) is 5.10 Å². The van der Waals surface area contributed by atoms with Gasteiger partial charge in [-0.15, -0.1) is 0 Å². The molecule has 0 spiro atoms. The summed E-state index contributed by atoms with van der Waals surface area (Å²) in [5, 5.41) is 5.23. The van der Waals surface area contributed by atoms with Gasteiger partial charge in [0.25, 0.3) is 0 Å². The number of benzene rings is 1. The lowest BCUT2D eigenvalue weighted by Crippen LogP contribution is -1.99. The summed E-state index contributed by atoms with van der Waals surface area (Å²) in [5.74, 6) is 0. The second kappa shape index (κ2) is 3.64. The smallest absolute Gasteiger partial charge is 0.0850 e. The zero-order valence-corrected chi connectivity index (χ0v) is 9.05. The Kier molecular flexibility index (Phi) is 2.48. The van der Waals surface area contributed by atoms with Gasteiger partial charge < -0.3 is 0 Å². The molecule has 2 nitrogen and oxygen atoms in total. The lowest BCUT2D eigenvalue weighted by Gasteiger charge is -2.07. The van der Waals surface area contributed by atoms with Crippen molar-refractivity contribution in [3.8, 4) is 5.69 Å². The molecular formula is C10H8Cl2N2. The fourth-order valence-electron chi connectivity index (χ4n) is 1.28. The molecule has 0 fully saturated rings. The highest BCUT2D eigenvalue weighted by molar-refractivity contribution is 6.43. The van der Waals surface area contributed by atoms with E-state index in [1.54, 1.807) is 16.9 Å². The predicted octanol–water partition coefficient (Wildman–Crippen LogP) is 3.49. The van der Waals surface area contributed by atoms with Crippen LogP contribution in [-0.2, 0) is 0 Å². The third kappa shape index (κ3) is 1.51. The van der Waals surface area contributed by atoms with Gasteiger partial charge in [0.15, 0.2) is 0 Å². The van der Waals surface area contributed by atoms with E-state index in [9.17, 15) is 0 Å². The molecule has 14 heavy (non-hydrogen) atoms. The third-order valence-corrected chi connectivity index (χ3v) is 2.80. The molecule has 0 aliphatic heterocycles. The van der Waals surface area contributed by atoms with Crippen molar-refractivity contribution in [3.63, 3.8) is 0 Å². The lowest BCUT2D eigenvalue weighted by atomic mass is 10.3.